The van der Waals surface area contributed by atoms with Crippen LogP contribution >= 0.6 is 11.8 Å². The van der Waals surface area contributed by atoms with Crippen LogP contribution in [0.3, 0.4) is 0 Å². The molecule has 3 nitrogen and oxygen atoms in total. The molecule has 0 bridgehead atoms. The fourth-order valence-electron chi connectivity index (χ4n) is 2.86. The van der Waals surface area contributed by atoms with Crippen molar-refractivity contribution in [3.05, 3.63) is 11.5 Å². The van der Waals surface area contributed by atoms with Crippen LogP contribution in [-0.2, 0) is 9.53 Å². The molecule has 1 saturated heterocycles. The predicted molar refractivity (Wildman–Crippen MR) is 78.3 cm³/mol. The summed E-state index contributed by atoms with van der Waals surface area (Å²) in [5.41, 5.74) is 0. The van der Waals surface area contributed by atoms with Crippen LogP contribution in [0.15, 0.2) is 11.5 Å². The van der Waals surface area contributed by atoms with Gasteiger partial charge in [-0.25, -0.2) is 0 Å². The van der Waals surface area contributed by atoms with Crippen molar-refractivity contribution in [3.8, 4) is 0 Å². The molecule has 0 amide bonds. The molecule has 19 heavy (non-hydrogen) atoms. The maximum Gasteiger partial charge on any atom is 0.201 e. The molecule has 4 heteroatoms. The summed E-state index contributed by atoms with van der Waals surface area (Å²) >= 11 is 1.98. The number of hydrogen-bond acceptors (Lipinski definition) is 4. The van der Waals surface area contributed by atoms with E-state index in [9.17, 15) is 9.90 Å². The fourth-order valence-corrected chi connectivity index (χ4v) is 4.14. The van der Waals surface area contributed by atoms with Gasteiger partial charge in [0.25, 0.3) is 0 Å². The van der Waals surface area contributed by atoms with Crippen molar-refractivity contribution in [2.24, 2.45) is 11.8 Å². The van der Waals surface area contributed by atoms with Gasteiger partial charge in [-0.3, -0.25) is 4.79 Å². The molecule has 1 fully saturated rings. The number of aliphatic hydroxyl groups is 1. The number of ether oxygens (including phenoxy) is 1. The Hall–Kier alpha value is -0.640. The second-order valence-electron chi connectivity index (χ2n) is 5.55. The molecule has 0 aromatic heterocycles. The molecule has 1 aliphatic carbocycles. The second-order valence-corrected chi connectivity index (χ2v) is 6.70. The Labute approximate surface area is 119 Å². The number of ketones is 1. The molecule has 0 spiro atoms. The van der Waals surface area contributed by atoms with Gasteiger partial charge in [0.05, 0.1) is 6.61 Å². The summed E-state index contributed by atoms with van der Waals surface area (Å²) in [6.07, 6.45) is 5.57. The van der Waals surface area contributed by atoms with Gasteiger partial charge in [-0.1, -0.05) is 13.3 Å². The van der Waals surface area contributed by atoms with Crippen LogP contribution in [0.5, 0.6) is 0 Å². The van der Waals surface area contributed by atoms with E-state index in [-0.39, 0.29) is 17.3 Å². The molecule has 2 rings (SSSR count). The van der Waals surface area contributed by atoms with Gasteiger partial charge in [-0.15, -0.1) is 0 Å². The Balaban J connectivity index is 1.94. The summed E-state index contributed by atoms with van der Waals surface area (Å²) in [4.78, 5) is 12.1. The average Bonchev–Trinajstić information content (AvgIpc) is 2.43. The molecule has 2 unspecified atom stereocenters. The van der Waals surface area contributed by atoms with Crippen LogP contribution in [0.1, 0.15) is 45.4 Å². The first-order valence-corrected chi connectivity index (χ1v) is 8.53. The summed E-state index contributed by atoms with van der Waals surface area (Å²) < 4.78 is 5.46. The van der Waals surface area contributed by atoms with E-state index in [1.54, 1.807) is 0 Å². The lowest BCUT2D eigenvalue weighted by atomic mass is 9.80. The highest BCUT2D eigenvalue weighted by Gasteiger charge is 2.34. The van der Waals surface area contributed by atoms with Crippen LogP contribution in [0.2, 0.25) is 0 Å². The number of hydrogen-bond donors (Lipinski definition) is 1. The van der Waals surface area contributed by atoms with Crippen molar-refractivity contribution in [2.75, 3.05) is 18.1 Å². The molecule has 108 valence electrons. The zero-order chi connectivity index (χ0) is 13.7. The van der Waals surface area contributed by atoms with Crippen molar-refractivity contribution >= 4 is 17.5 Å². The largest absolute Gasteiger partial charge is 0.508 e. The molecule has 2 atom stereocenters. The van der Waals surface area contributed by atoms with E-state index in [1.807, 2.05) is 11.8 Å². The van der Waals surface area contributed by atoms with Crippen LogP contribution in [0, 0.1) is 11.8 Å². The Morgan fingerprint density at radius 1 is 1.37 bits per heavy atom. The number of thioether (sulfide) groups is 1. The van der Waals surface area contributed by atoms with Gasteiger partial charge in [0.15, 0.2) is 5.76 Å². The summed E-state index contributed by atoms with van der Waals surface area (Å²) in [5, 5.41) is 10.1. The van der Waals surface area contributed by atoms with Crippen LogP contribution in [-0.4, -0.2) is 29.0 Å². The van der Waals surface area contributed by atoms with E-state index in [4.69, 9.17) is 4.74 Å². The van der Waals surface area contributed by atoms with Gasteiger partial charge in [0, 0.05) is 12.8 Å². The number of aliphatic hydroxyl groups excluding tert-OH is 1. The molecule has 2 aliphatic rings. The minimum Gasteiger partial charge on any atom is -0.508 e. The number of allylic oxidation sites excluding steroid dienone is 2. The van der Waals surface area contributed by atoms with E-state index < -0.39 is 0 Å². The van der Waals surface area contributed by atoms with Crippen molar-refractivity contribution in [1.82, 2.24) is 0 Å². The third-order valence-corrected chi connectivity index (χ3v) is 5.27. The minimum absolute atomic E-state index is 0.000395. The fraction of sp³-hybridized carbons (Fsp3) is 0.800. The van der Waals surface area contributed by atoms with Gasteiger partial charge >= 0.3 is 0 Å². The Kier molecular flexibility index (Phi) is 5.61. The molecule has 0 saturated carbocycles. The topological polar surface area (TPSA) is 46.5 Å². The van der Waals surface area contributed by atoms with E-state index in [0.717, 1.165) is 18.6 Å². The monoisotopic (exact) mass is 284 g/mol. The molecule has 1 heterocycles. The summed E-state index contributed by atoms with van der Waals surface area (Å²) in [6.45, 7) is 2.61. The first-order valence-electron chi connectivity index (χ1n) is 7.38. The zero-order valence-electron chi connectivity index (χ0n) is 11.7. The lowest BCUT2D eigenvalue weighted by Crippen LogP contribution is -2.29. The Morgan fingerprint density at radius 3 is 2.84 bits per heavy atom. The van der Waals surface area contributed by atoms with Crippen molar-refractivity contribution < 1.29 is 14.6 Å². The number of carbonyl (C=O) groups excluding carboxylic acids is 1. The van der Waals surface area contributed by atoms with Crippen LogP contribution < -0.4 is 0 Å². The number of rotatable bonds is 5. The van der Waals surface area contributed by atoms with Gasteiger partial charge in [-0.05, 0) is 42.6 Å². The third-order valence-electron chi connectivity index (χ3n) is 4.02. The predicted octanol–water partition coefficient (Wildman–Crippen LogP) is 3.70. The van der Waals surface area contributed by atoms with Gasteiger partial charge in [0.1, 0.15) is 5.76 Å². The summed E-state index contributed by atoms with van der Waals surface area (Å²) in [5.74, 6) is 3.71. The normalized spacial score (nSPS) is 28.6. The molecule has 1 N–H and O–H groups in total. The smallest absolute Gasteiger partial charge is 0.201 e. The van der Waals surface area contributed by atoms with Crippen LogP contribution in [0.4, 0.5) is 0 Å². The molecule has 0 aromatic rings. The standard InChI is InChI=1S/C15H24O3S/c1-2-3-6-18-15-13(16)8-12(9-14(15)17)11-5-4-7-19-10-11/h11-12,16H,2-10H2,1H3. The Morgan fingerprint density at radius 2 is 2.21 bits per heavy atom. The average molecular weight is 284 g/mol. The first-order chi connectivity index (χ1) is 9.22. The molecular formula is C15H24O3S. The molecule has 0 aromatic carbocycles. The first kappa shape index (κ1) is 14.8. The summed E-state index contributed by atoms with van der Waals surface area (Å²) in [6, 6.07) is 0. The number of carbonyl (C=O) groups is 1. The zero-order valence-corrected chi connectivity index (χ0v) is 12.5. The lowest BCUT2D eigenvalue weighted by Gasteiger charge is -2.32. The van der Waals surface area contributed by atoms with Gasteiger partial charge in [-0.2, -0.15) is 11.8 Å². The maximum absolute atomic E-state index is 12.1. The van der Waals surface area contributed by atoms with Crippen molar-refractivity contribution in [3.63, 3.8) is 0 Å². The molecule has 0 radical (unpaired) electrons. The van der Waals surface area contributed by atoms with E-state index >= 15 is 0 Å². The van der Waals surface area contributed by atoms with E-state index in [1.165, 1.54) is 18.6 Å². The number of Topliss-reactive ketones (excluding diaryl/α,β-unsaturated/α-hetero) is 1. The summed E-state index contributed by atoms with van der Waals surface area (Å²) in [7, 11) is 0. The van der Waals surface area contributed by atoms with Gasteiger partial charge in [0.2, 0.25) is 5.78 Å². The highest BCUT2D eigenvalue weighted by Crippen LogP contribution is 2.37. The van der Waals surface area contributed by atoms with Crippen LogP contribution in [0.25, 0.3) is 0 Å². The minimum atomic E-state index is 0.000395. The van der Waals surface area contributed by atoms with Crippen molar-refractivity contribution in [2.45, 2.75) is 45.4 Å². The third kappa shape index (κ3) is 3.91. The SMILES string of the molecule is CCCCOC1=C(O)CC(C2CCCSC2)CC1=O. The van der Waals surface area contributed by atoms with E-state index in [0.29, 0.717) is 31.3 Å². The highest BCUT2D eigenvalue weighted by atomic mass is 32.2. The lowest BCUT2D eigenvalue weighted by molar-refractivity contribution is -0.121. The van der Waals surface area contributed by atoms with E-state index in [2.05, 4.69) is 6.92 Å². The number of unbranched alkanes of at least 4 members (excludes halogenated alkanes) is 1. The highest BCUT2D eigenvalue weighted by molar-refractivity contribution is 7.99. The quantitative estimate of drug-likeness (QED) is 0.782. The Bertz CT molecular complexity index is 345. The second kappa shape index (κ2) is 7.22. The maximum atomic E-state index is 12.1. The van der Waals surface area contributed by atoms with Gasteiger partial charge < -0.3 is 9.84 Å². The molecular weight excluding hydrogens is 260 g/mol. The molecule has 1 aliphatic heterocycles. The van der Waals surface area contributed by atoms with Crippen molar-refractivity contribution in [1.29, 1.82) is 0 Å².